The van der Waals surface area contributed by atoms with Crippen molar-refractivity contribution in [2.24, 2.45) is 0 Å². The van der Waals surface area contributed by atoms with Crippen LogP contribution in [0.15, 0.2) is 52.3 Å². The summed E-state index contributed by atoms with van der Waals surface area (Å²) in [5.74, 6) is -0.143. The minimum absolute atomic E-state index is 0.0571. The lowest BCUT2D eigenvalue weighted by Gasteiger charge is -2.26. The lowest BCUT2D eigenvalue weighted by molar-refractivity contribution is -0.121. The number of sulfonamides is 2. The van der Waals surface area contributed by atoms with E-state index in [1.807, 2.05) is 0 Å². The SMILES string of the molecule is CCOc1ccc(S(=O)(=O)N(C)CC(=O)NCc2ccc(S(=O)(=O)N3CCOCC3)cc2)cc1Cl. The number of hydrogen-bond acceptors (Lipinski definition) is 7. The summed E-state index contributed by atoms with van der Waals surface area (Å²) in [4.78, 5) is 12.5. The van der Waals surface area contributed by atoms with Gasteiger partial charge in [0.2, 0.25) is 26.0 Å². The van der Waals surface area contributed by atoms with Gasteiger partial charge in [-0.15, -0.1) is 0 Å². The molecule has 1 saturated heterocycles. The number of carbonyl (C=O) groups excluding carboxylic acids is 1. The molecular weight excluding hydrogens is 518 g/mol. The van der Waals surface area contributed by atoms with Gasteiger partial charge in [-0.25, -0.2) is 16.8 Å². The summed E-state index contributed by atoms with van der Waals surface area (Å²) < 4.78 is 63.8. The number of morpholine rings is 1. The van der Waals surface area contributed by atoms with Crippen LogP contribution in [-0.4, -0.2) is 77.9 Å². The quantitative estimate of drug-likeness (QED) is 0.482. The van der Waals surface area contributed by atoms with Crippen LogP contribution in [0.5, 0.6) is 5.75 Å². The maximum atomic E-state index is 12.8. The first-order valence-corrected chi connectivity index (χ1v) is 14.1. The van der Waals surface area contributed by atoms with Crippen LogP contribution in [-0.2, 0) is 36.1 Å². The number of halogens is 1. The predicted octanol–water partition coefficient (Wildman–Crippen LogP) is 1.70. The highest BCUT2D eigenvalue weighted by Gasteiger charge is 2.26. The van der Waals surface area contributed by atoms with Gasteiger partial charge in [0.05, 0.1) is 41.2 Å². The Morgan fingerprint density at radius 3 is 2.31 bits per heavy atom. The third-order valence-electron chi connectivity index (χ3n) is 5.30. The Labute approximate surface area is 210 Å². The second-order valence-corrected chi connectivity index (χ2v) is 12.1. The zero-order valence-corrected chi connectivity index (χ0v) is 21.8. The molecule has 0 atom stereocenters. The van der Waals surface area contributed by atoms with Gasteiger partial charge in [0.1, 0.15) is 5.75 Å². The van der Waals surface area contributed by atoms with Crippen LogP contribution >= 0.6 is 11.6 Å². The van der Waals surface area contributed by atoms with E-state index >= 15 is 0 Å². The van der Waals surface area contributed by atoms with E-state index < -0.39 is 32.5 Å². The van der Waals surface area contributed by atoms with E-state index in [2.05, 4.69) is 5.32 Å². The van der Waals surface area contributed by atoms with Crippen LogP contribution in [0, 0.1) is 0 Å². The van der Waals surface area contributed by atoms with Crippen LogP contribution in [0.2, 0.25) is 5.02 Å². The Hall–Kier alpha value is -2.22. The Bertz CT molecular complexity index is 1250. The van der Waals surface area contributed by atoms with Crippen molar-refractivity contribution in [3.8, 4) is 5.75 Å². The minimum atomic E-state index is -3.95. The number of rotatable bonds is 10. The van der Waals surface area contributed by atoms with Crippen molar-refractivity contribution in [3.63, 3.8) is 0 Å². The monoisotopic (exact) mass is 545 g/mol. The molecule has 0 aromatic heterocycles. The molecule has 1 aliphatic heterocycles. The van der Waals surface area contributed by atoms with E-state index in [1.165, 1.54) is 41.7 Å². The van der Waals surface area contributed by atoms with E-state index in [0.29, 0.717) is 44.2 Å². The van der Waals surface area contributed by atoms with Crippen LogP contribution in [0.1, 0.15) is 12.5 Å². The van der Waals surface area contributed by atoms with Gasteiger partial charge in [0, 0.05) is 26.7 Å². The van der Waals surface area contributed by atoms with Crippen molar-refractivity contribution in [1.82, 2.24) is 13.9 Å². The summed E-state index contributed by atoms with van der Waals surface area (Å²) in [5.41, 5.74) is 0.670. The highest BCUT2D eigenvalue weighted by Crippen LogP contribution is 2.28. The number of benzene rings is 2. The third kappa shape index (κ3) is 6.72. The van der Waals surface area contributed by atoms with Gasteiger partial charge in [-0.2, -0.15) is 8.61 Å². The normalized spacial score (nSPS) is 15.2. The standard InChI is InChI=1S/C22H28ClN3O7S2/c1-3-33-21-9-8-19(14-20(21)23)34(28,29)25(2)16-22(27)24-15-17-4-6-18(7-5-17)35(30,31)26-10-12-32-13-11-26/h4-9,14H,3,10-13,15-16H2,1-2H3,(H,24,27). The molecular formula is C22H28ClN3O7S2. The molecule has 1 amide bonds. The van der Waals surface area contributed by atoms with Crippen LogP contribution in [0.25, 0.3) is 0 Å². The Balaban J connectivity index is 1.57. The summed E-state index contributed by atoms with van der Waals surface area (Å²) in [6.45, 7) is 3.21. The van der Waals surface area contributed by atoms with E-state index in [9.17, 15) is 21.6 Å². The first kappa shape index (κ1) is 27.4. The van der Waals surface area contributed by atoms with Crippen molar-refractivity contribution in [3.05, 3.63) is 53.1 Å². The molecule has 0 bridgehead atoms. The van der Waals surface area contributed by atoms with Crippen LogP contribution < -0.4 is 10.1 Å². The highest BCUT2D eigenvalue weighted by molar-refractivity contribution is 7.89. The zero-order valence-electron chi connectivity index (χ0n) is 19.4. The predicted molar refractivity (Wildman–Crippen MR) is 130 cm³/mol. The summed E-state index contributed by atoms with van der Waals surface area (Å²) >= 11 is 6.09. The number of amides is 1. The highest BCUT2D eigenvalue weighted by atomic mass is 35.5. The fourth-order valence-corrected chi connectivity index (χ4v) is 6.22. The summed E-state index contributed by atoms with van der Waals surface area (Å²) in [5, 5.41) is 2.80. The van der Waals surface area contributed by atoms with Crippen molar-refractivity contribution in [2.75, 3.05) is 46.5 Å². The molecule has 13 heteroatoms. The van der Waals surface area contributed by atoms with Gasteiger partial charge in [0.15, 0.2) is 0 Å². The van der Waals surface area contributed by atoms with Crippen molar-refractivity contribution < 1.29 is 31.1 Å². The molecule has 0 aliphatic carbocycles. The molecule has 0 saturated carbocycles. The second kappa shape index (κ2) is 11.7. The minimum Gasteiger partial charge on any atom is -0.492 e. The van der Waals surface area contributed by atoms with Gasteiger partial charge >= 0.3 is 0 Å². The Morgan fingerprint density at radius 2 is 1.71 bits per heavy atom. The van der Waals surface area contributed by atoms with Crippen molar-refractivity contribution >= 4 is 37.6 Å². The molecule has 1 heterocycles. The molecule has 1 N–H and O–H groups in total. The van der Waals surface area contributed by atoms with Crippen molar-refractivity contribution in [1.29, 1.82) is 0 Å². The van der Waals surface area contributed by atoms with E-state index in [-0.39, 0.29) is 21.4 Å². The number of nitrogens with one attached hydrogen (secondary N) is 1. The topological polar surface area (TPSA) is 122 Å². The van der Waals surface area contributed by atoms with E-state index in [0.717, 1.165) is 4.31 Å². The molecule has 0 radical (unpaired) electrons. The number of carbonyl (C=O) groups is 1. The summed E-state index contributed by atoms with van der Waals surface area (Å²) in [6.07, 6.45) is 0. The van der Waals surface area contributed by atoms with Gasteiger partial charge in [0.25, 0.3) is 0 Å². The van der Waals surface area contributed by atoms with Gasteiger partial charge in [-0.1, -0.05) is 23.7 Å². The number of likely N-dealkylation sites (N-methyl/N-ethyl adjacent to an activating group) is 1. The average molecular weight is 546 g/mol. The number of nitrogens with zero attached hydrogens (tertiary/aromatic N) is 2. The first-order chi connectivity index (χ1) is 16.6. The molecule has 1 aliphatic rings. The molecule has 2 aromatic carbocycles. The third-order valence-corrected chi connectivity index (χ3v) is 9.31. The number of ether oxygens (including phenoxy) is 2. The molecule has 10 nitrogen and oxygen atoms in total. The summed E-state index contributed by atoms with van der Waals surface area (Å²) in [7, 11) is -6.26. The van der Waals surface area contributed by atoms with Crippen molar-refractivity contribution in [2.45, 2.75) is 23.3 Å². The lowest BCUT2D eigenvalue weighted by atomic mass is 10.2. The molecule has 0 unspecified atom stereocenters. The molecule has 35 heavy (non-hydrogen) atoms. The second-order valence-electron chi connectivity index (χ2n) is 7.72. The largest absolute Gasteiger partial charge is 0.492 e. The van der Waals surface area contributed by atoms with Crippen LogP contribution in [0.3, 0.4) is 0 Å². The summed E-state index contributed by atoms with van der Waals surface area (Å²) in [6, 6.07) is 10.3. The fourth-order valence-electron chi connectivity index (χ4n) is 3.35. The van der Waals surface area contributed by atoms with E-state index in [1.54, 1.807) is 19.1 Å². The van der Waals surface area contributed by atoms with E-state index in [4.69, 9.17) is 21.1 Å². The fraction of sp³-hybridized carbons (Fsp3) is 0.409. The maximum Gasteiger partial charge on any atom is 0.243 e. The Morgan fingerprint density at radius 1 is 1.09 bits per heavy atom. The zero-order chi connectivity index (χ0) is 25.6. The lowest BCUT2D eigenvalue weighted by Crippen LogP contribution is -2.40. The molecule has 3 rings (SSSR count). The van der Waals surface area contributed by atoms with Gasteiger partial charge in [-0.3, -0.25) is 4.79 Å². The maximum absolute atomic E-state index is 12.8. The van der Waals surface area contributed by atoms with Gasteiger partial charge < -0.3 is 14.8 Å². The molecule has 192 valence electrons. The average Bonchev–Trinajstić information content (AvgIpc) is 2.84. The number of hydrogen-bond donors (Lipinski definition) is 1. The van der Waals surface area contributed by atoms with Gasteiger partial charge in [-0.05, 0) is 42.8 Å². The molecule has 0 spiro atoms. The molecule has 1 fully saturated rings. The van der Waals surface area contributed by atoms with Crippen LogP contribution in [0.4, 0.5) is 0 Å². The first-order valence-electron chi connectivity index (χ1n) is 10.9. The molecule has 2 aromatic rings. The smallest absolute Gasteiger partial charge is 0.243 e. The Kier molecular flexibility index (Phi) is 9.13.